The van der Waals surface area contributed by atoms with E-state index >= 15 is 0 Å². The molecule has 3 rings (SSSR count). The maximum atomic E-state index is 12.5. The largest absolute Gasteiger partial charge is 0.339 e. The van der Waals surface area contributed by atoms with Crippen LogP contribution >= 0.6 is 0 Å². The summed E-state index contributed by atoms with van der Waals surface area (Å²) < 4.78 is 31.3. The van der Waals surface area contributed by atoms with Crippen LogP contribution < -0.4 is 5.32 Å². The quantitative estimate of drug-likeness (QED) is 0.630. The highest BCUT2D eigenvalue weighted by Gasteiger charge is 2.38. The van der Waals surface area contributed by atoms with Gasteiger partial charge in [-0.05, 0) is 30.0 Å². The van der Waals surface area contributed by atoms with E-state index in [9.17, 15) is 13.2 Å². The first-order chi connectivity index (χ1) is 14.7. The number of carbonyl (C=O) groups is 1. The van der Waals surface area contributed by atoms with Crippen LogP contribution in [0.3, 0.4) is 0 Å². The smallest absolute Gasteiger partial charge is 0.321 e. The average molecular weight is 450 g/mol. The van der Waals surface area contributed by atoms with Gasteiger partial charge in [0.25, 0.3) is 0 Å². The van der Waals surface area contributed by atoms with Gasteiger partial charge in [0.1, 0.15) is 0 Å². The first-order valence-corrected chi connectivity index (χ1v) is 12.4. The van der Waals surface area contributed by atoms with E-state index in [1.165, 1.54) is 10.6 Å². The molecule has 0 aliphatic carbocycles. The molecule has 0 spiro atoms. The Balaban J connectivity index is 1.54. The third-order valence-electron chi connectivity index (χ3n) is 5.22. The number of nitrogens with zero attached hydrogens (tertiary/aromatic N) is 4. The van der Waals surface area contributed by atoms with Crippen molar-refractivity contribution in [1.82, 2.24) is 19.3 Å². The first kappa shape index (κ1) is 23.2. The molecular weight excluding hydrogens is 418 g/mol. The molecule has 0 saturated carbocycles. The minimum Gasteiger partial charge on any atom is -0.339 e. The van der Waals surface area contributed by atoms with Crippen LogP contribution in [-0.4, -0.2) is 65.7 Å². The number of hydrogen-bond donors (Lipinski definition) is 1. The zero-order chi connectivity index (χ0) is 22.6. The summed E-state index contributed by atoms with van der Waals surface area (Å²) in [5.41, 5.74) is 1.88. The van der Waals surface area contributed by atoms with Gasteiger partial charge < -0.3 is 14.7 Å². The molecule has 0 bridgehead atoms. The van der Waals surface area contributed by atoms with Gasteiger partial charge in [-0.2, -0.15) is 9.29 Å². The third-order valence-corrected chi connectivity index (χ3v) is 6.55. The number of urea groups is 1. The van der Waals surface area contributed by atoms with Gasteiger partial charge in [0.2, 0.25) is 15.9 Å². The van der Waals surface area contributed by atoms with Gasteiger partial charge in [0.05, 0.1) is 12.3 Å². The zero-order valence-corrected chi connectivity index (χ0v) is 19.4. The number of sulfonamides is 1. The van der Waals surface area contributed by atoms with E-state index in [0.717, 1.165) is 17.7 Å². The summed E-state index contributed by atoms with van der Waals surface area (Å²) in [6, 6.07) is 7.21. The summed E-state index contributed by atoms with van der Waals surface area (Å²) in [4.78, 5) is 18.4. The lowest BCUT2D eigenvalue weighted by atomic mass is 10.1. The Hall–Kier alpha value is -2.46. The number of carbonyl (C=O) groups excluding carboxylic acids is 1. The predicted octanol–water partition coefficient (Wildman–Crippen LogP) is 2.55. The molecule has 0 radical (unpaired) electrons. The standard InChI is InChI=1S/C21H31N5O4S/c1-5-16-7-6-8-17(12-16)22-21(27)25-13-18(14-25)26(31(4,28)29)10-9-19-23-20(30-24-19)11-15(2)3/h6-8,12,15,18H,5,9-11,13-14H2,1-4H3,(H,22,27). The van der Waals surface area contributed by atoms with Gasteiger partial charge in [-0.25, -0.2) is 13.2 Å². The molecule has 2 aromatic rings. The molecule has 0 atom stereocenters. The summed E-state index contributed by atoms with van der Waals surface area (Å²) >= 11 is 0. The highest BCUT2D eigenvalue weighted by molar-refractivity contribution is 7.88. The van der Waals surface area contributed by atoms with Gasteiger partial charge in [0.15, 0.2) is 5.82 Å². The second kappa shape index (κ2) is 9.78. The van der Waals surface area contributed by atoms with Crippen molar-refractivity contribution >= 4 is 21.7 Å². The Morgan fingerprint density at radius 3 is 2.74 bits per heavy atom. The molecule has 2 heterocycles. The van der Waals surface area contributed by atoms with E-state index < -0.39 is 10.0 Å². The number of hydrogen-bond acceptors (Lipinski definition) is 6. The van der Waals surface area contributed by atoms with Gasteiger partial charge >= 0.3 is 6.03 Å². The van der Waals surface area contributed by atoms with E-state index in [4.69, 9.17) is 4.52 Å². The minimum atomic E-state index is -3.44. The minimum absolute atomic E-state index is 0.227. The molecule has 1 fully saturated rings. The molecule has 1 saturated heterocycles. The van der Waals surface area contributed by atoms with Gasteiger partial charge in [-0.15, -0.1) is 0 Å². The second-order valence-corrected chi connectivity index (χ2v) is 10.3. The summed E-state index contributed by atoms with van der Waals surface area (Å²) in [6.45, 7) is 7.12. The van der Waals surface area contributed by atoms with Crippen LogP contribution in [0.1, 0.15) is 38.0 Å². The molecule has 1 aliphatic rings. The van der Waals surface area contributed by atoms with E-state index in [0.29, 0.717) is 43.6 Å². The van der Waals surface area contributed by atoms with E-state index in [1.807, 2.05) is 24.3 Å². The van der Waals surface area contributed by atoms with Crippen molar-refractivity contribution < 1.29 is 17.7 Å². The number of aromatic nitrogens is 2. The maximum Gasteiger partial charge on any atom is 0.321 e. The molecular formula is C21H31N5O4S. The molecule has 0 unspecified atom stereocenters. The Kier molecular flexibility index (Phi) is 7.32. The van der Waals surface area contributed by atoms with Crippen molar-refractivity contribution in [1.29, 1.82) is 0 Å². The molecule has 31 heavy (non-hydrogen) atoms. The van der Waals surface area contributed by atoms with Gasteiger partial charge in [0, 0.05) is 38.2 Å². The van der Waals surface area contributed by atoms with Crippen LogP contribution in [0.4, 0.5) is 10.5 Å². The normalized spacial score (nSPS) is 14.8. The van der Waals surface area contributed by atoms with Crippen LogP contribution in [-0.2, 0) is 29.3 Å². The monoisotopic (exact) mass is 449 g/mol. The Morgan fingerprint density at radius 1 is 1.35 bits per heavy atom. The number of aryl methyl sites for hydroxylation is 1. The van der Waals surface area contributed by atoms with Crippen LogP contribution in [0, 0.1) is 5.92 Å². The lowest BCUT2D eigenvalue weighted by Gasteiger charge is -2.44. The molecule has 10 heteroatoms. The highest BCUT2D eigenvalue weighted by Crippen LogP contribution is 2.20. The molecule has 170 valence electrons. The van der Waals surface area contributed by atoms with Crippen molar-refractivity contribution in [2.75, 3.05) is 31.2 Å². The highest BCUT2D eigenvalue weighted by atomic mass is 32.2. The Bertz CT molecular complexity index is 999. The SMILES string of the molecule is CCc1cccc(NC(=O)N2CC(N(CCc3noc(CC(C)C)n3)S(C)(=O)=O)C2)c1. The Labute approximate surface area is 183 Å². The van der Waals surface area contributed by atoms with Crippen molar-refractivity contribution in [2.45, 2.75) is 46.1 Å². The fourth-order valence-corrected chi connectivity index (χ4v) is 4.63. The molecule has 1 aromatic carbocycles. The van der Waals surface area contributed by atoms with Crippen molar-refractivity contribution in [3.63, 3.8) is 0 Å². The molecule has 9 nitrogen and oxygen atoms in total. The summed E-state index contributed by atoms with van der Waals surface area (Å²) in [7, 11) is -3.44. The average Bonchev–Trinajstić information content (AvgIpc) is 3.08. The van der Waals surface area contributed by atoms with E-state index in [-0.39, 0.29) is 18.6 Å². The number of nitrogens with one attached hydrogen (secondary N) is 1. The van der Waals surface area contributed by atoms with Crippen molar-refractivity contribution in [3.8, 4) is 0 Å². The fraction of sp³-hybridized carbons (Fsp3) is 0.571. The summed E-state index contributed by atoms with van der Waals surface area (Å²) in [6.07, 6.45) is 3.13. The van der Waals surface area contributed by atoms with Gasteiger partial charge in [-0.3, -0.25) is 0 Å². The molecule has 1 N–H and O–H groups in total. The summed E-state index contributed by atoms with van der Waals surface area (Å²) in [5, 5.41) is 6.83. The summed E-state index contributed by atoms with van der Waals surface area (Å²) in [5.74, 6) is 1.46. The van der Waals surface area contributed by atoms with Crippen LogP contribution in [0.2, 0.25) is 0 Å². The third kappa shape index (κ3) is 6.27. The van der Waals surface area contributed by atoms with Gasteiger partial charge in [-0.1, -0.05) is 38.1 Å². The van der Waals surface area contributed by atoms with Crippen molar-refractivity contribution in [3.05, 3.63) is 41.5 Å². The zero-order valence-electron chi connectivity index (χ0n) is 18.5. The van der Waals surface area contributed by atoms with Crippen molar-refractivity contribution in [2.24, 2.45) is 5.92 Å². The number of rotatable bonds is 9. The number of benzene rings is 1. The fourth-order valence-electron chi connectivity index (χ4n) is 3.53. The number of amides is 2. The number of likely N-dealkylation sites (tertiary alicyclic amines) is 1. The topological polar surface area (TPSA) is 109 Å². The maximum absolute atomic E-state index is 12.5. The number of anilines is 1. The van der Waals surface area contributed by atoms with Crippen LogP contribution in [0.25, 0.3) is 0 Å². The lowest BCUT2D eigenvalue weighted by Crippen LogP contribution is -2.63. The predicted molar refractivity (Wildman–Crippen MR) is 118 cm³/mol. The first-order valence-electron chi connectivity index (χ1n) is 10.6. The molecule has 1 aromatic heterocycles. The van der Waals surface area contributed by atoms with E-state index in [2.05, 4.69) is 36.2 Å². The van der Waals surface area contributed by atoms with Crippen LogP contribution in [0.15, 0.2) is 28.8 Å². The second-order valence-electron chi connectivity index (χ2n) is 8.37. The Morgan fingerprint density at radius 2 is 2.10 bits per heavy atom. The van der Waals surface area contributed by atoms with Crippen LogP contribution in [0.5, 0.6) is 0 Å². The van der Waals surface area contributed by atoms with E-state index in [1.54, 1.807) is 4.90 Å². The molecule has 1 aliphatic heterocycles. The lowest BCUT2D eigenvalue weighted by molar-refractivity contribution is 0.109. The molecule has 2 amide bonds.